The summed E-state index contributed by atoms with van der Waals surface area (Å²) in [6.07, 6.45) is 0. The monoisotopic (exact) mass is 224 g/mol. The largest absolute Gasteiger partial charge is 0.382 e. The second-order valence-electron chi connectivity index (χ2n) is 3.33. The predicted molar refractivity (Wildman–Crippen MR) is 59.3 cm³/mol. The number of hydrogen-bond acceptors (Lipinski definition) is 8. The topological polar surface area (TPSA) is 120 Å². The molecule has 0 bridgehead atoms. The minimum Gasteiger partial charge on any atom is -0.382 e. The smallest absolute Gasteiger partial charge is 0.224 e. The summed E-state index contributed by atoms with van der Waals surface area (Å²) in [5.41, 5.74) is 11.1. The van der Waals surface area contributed by atoms with Crippen LogP contribution in [0.5, 0.6) is 0 Å². The summed E-state index contributed by atoms with van der Waals surface area (Å²) in [7, 11) is 0. The molecule has 0 amide bonds. The molecule has 1 fully saturated rings. The van der Waals surface area contributed by atoms with Crippen LogP contribution in [0.25, 0.3) is 0 Å². The highest BCUT2D eigenvalue weighted by Gasteiger charge is 2.20. The van der Waals surface area contributed by atoms with Crippen molar-refractivity contribution in [3.8, 4) is 0 Å². The van der Waals surface area contributed by atoms with E-state index in [1.807, 2.05) is 4.90 Å². The molecule has 8 heteroatoms. The molecular formula is C8H12N6O2. The number of morpholine rings is 1. The Morgan fingerprint density at radius 3 is 2.56 bits per heavy atom. The van der Waals surface area contributed by atoms with Crippen molar-refractivity contribution in [2.24, 2.45) is 5.18 Å². The summed E-state index contributed by atoms with van der Waals surface area (Å²) < 4.78 is 5.20. The third-order valence-electron chi connectivity index (χ3n) is 2.31. The molecule has 2 heterocycles. The lowest BCUT2D eigenvalue weighted by Gasteiger charge is -2.28. The van der Waals surface area contributed by atoms with E-state index >= 15 is 0 Å². The van der Waals surface area contributed by atoms with E-state index in [9.17, 15) is 4.91 Å². The van der Waals surface area contributed by atoms with Crippen LogP contribution in [-0.2, 0) is 4.74 Å². The van der Waals surface area contributed by atoms with E-state index in [0.717, 1.165) is 0 Å². The van der Waals surface area contributed by atoms with E-state index < -0.39 is 0 Å². The molecule has 16 heavy (non-hydrogen) atoms. The predicted octanol–water partition coefficient (Wildman–Crippen LogP) is -0.125. The van der Waals surface area contributed by atoms with Gasteiger partial charge in [-0.3, -0.25) is 0 Å². The van der Waals surface area contributed by atoms with E-state index in [2.05, 4.69) is 15.1 Å². The summed E-state index contributed by atoms with van der Waals surface area (Å²) in [5, 5.41) is 2.85. The molecule has 86 valence electrons. The first-order valence-electron chi connectivity index (χ1n) is 4.81. The van der Waals surface area contributed by atoms with E-state index in [1.165, 1.54) is 0 Å². The molecule has 0 spiro atoms. The Bertz CT molecular complexity index is 404. The van der Waals surface area contributed by atoms with E-state index in [1.54, 1.807) is 0 Å². The molecule has 0 saturated carbocycles. The average molecular weight is 224 g/mol. The van der Waals surface area contributed by atoms with E-state index in [4.69, 9.17) is 16.2 Å². The van der Waals surface area contributed by atoms with Crippen molar-refractivity contribution in [1.29, 1.82) is 0 Å². The molecule has 1 saturated heterocycles. The first-order chi connectivity index (χ1) is 7.72. The summed E-state index contributed by atoms with van der Waals surface area (Å²) >= 11 is 0. The molecule has 0 unspecified atom stereocenters. The number of nitrogens with zero attached hydrogens (tertiary/aromatic N) is 4. The van der Waals surface area contributed by atoms with Crippen LogP contribution in [0.3, 0.4) is 0 Å². The van der Waals surface area contributed by atoms with Crippen LogP contribution < -0.4 is 16.4 Å². The summed E-state index contributed by atoms with van der Waals surface area (Å²) in [5.74, 6) is 0.415. The van der Waals surface area contributed by atoms with Gasteiger partial charge < -0.3 is 21.1 Å². The quantitative estimate of drug-likeness (QED) is 0.671. The molecule has 1 aliphatic heterocycles. The maximum atomic E-state index is 10.7. The summed E-state index contributed by atoms with van der Waals surface area (Å²) in [6, 6.07) is 0. The van der Waals surface area contributed by atoms with Crippen molar-refractivity contribution in [1.82, 2.24) is 9.97 Å². The van der Waals surface area contributed by atoms with Gasteiger partial charge in [-0.1, -0.05) is 0 Å². The summed E-state index contributed by atoms with van der Waals surface area (Å²) in [6.45, 7) is 2.39. The normalized spacial score (nSPS) is 16.1. The zero-order chi connectivity index (χ0) is 11.5. The molecule has 1 aromatic rings. The van der Waals surface area contributed by atoms with Gasteiger partial charge in [-0.15, -0.1) is 4.91 Å². The van der Waals surface area contributed by atoms with Crippen LogP contribution in [0.4, 0.5) is 23.3 Å². The number of aromatic nitrogens is 2. The lowest BCUT2D eigenvalue weighted by Crippen LogP contribution is -2.37. The lowest BCUT2D eigenvalue weighted by molar-refractivity contribution is 0.122. The van der Waals surface area contributed by atoms with Crippen molar-refractivity contribution in [2.45, 2.75) is 0 Å². The second-order valence-corrected chi connectivity index (χ2v) is 3.33. The van der Waals surface area contributed by atoms with E-state index in [0.29, 0.717) is 32.1 Å². The lowest BCUT2D eigenvalue weighted by atomic mass is 10.3. The highest BCUT2D eigenvalue weighted by Crippen LogP contribution is 2.32. The Balaban J connectivity index is 2.40. The fourth-order valence-corrected chi connectivity index (χ4v) is 1.56. The van der Waals surface area contributed by atoms with Gasteiger partial charge in [-0.25, -0.2) is 0 Å². The Morgan fingerprint density at radius 2 is 1.94 bits per heavy atom. The third kappa shape index (κ3) is 1.87. The fourth-order valence-electron chi connectivity index (χ4n) is 1.56. The van der Waals surface area contributed by atoms with Gasteiger partial charge in [0, 0.05) is 13.1 Å². The molecule has 1 aromatic heterocycles. The van der Waals surface area contributed by atoms with Gasteiger partial charge in [0.25, 0.3) is 0 Å². The van der Waals surface area contributed by atoms with E-state index in [-0.39, 0.29) is 17.5 Å². The van der Waals surface area contributed by atoms with Gasteiger partial charge in [-0.2, -0.15) is 9.97 Å². The van der Waals surface area contributed by atoms with Crippen molar-refractivity contribution in [2.75, 3.05) is 42.7 Å². The zero-order valence-corrected chi connectivity index (χ0v) is 8.59. The number of rotatable bonds is 2. The molecule has 1 aliphatic rings. The van der Waals surface area contributed by atoms with Gasteiger partial charge in [0.05, 0.1) is 13.2 Å². The van der Waals surface area contributed by atoms with Gasteiger partial charge in [-0.05, 0) is 5.18 Å². The van der Waals surface area contributed by atoms with Crippen LogP contribution in [-0.4, -0.2) is 36.3 Å². The van der Waals surface area contributed by atoms with Crippen LogP contribution >= 0.6 is 0 Å². The molecule has 8 nitrogen and oxygen atoms in total. The second kappa shape index (κ2) is 4.27. The minimum absolute atomic E-state index is 0.00370. The molecule has 0 radical (unpaired) electrons. The first-order valence-corrected chi connectivity index (χ1v) is 4.81. The van der Waals surface area contributed by atoms with Crippen molar-refractivity contribution in [3.05, 3.63) is 4.91 Å². The highest BCUT2D eigenvalue weighted by molar-refractivity contribution is 5.74. The number of hydrogen-bond donors (Lipinski definition) is 2. The van der Waals surface area contributed by atoms with Crippen LogP contribution in [0, 0.1) is 4.91 Å². The Hall–Kier alpha value is -1.96. The van der Waals surface area contributed by atoms with Crippen LogP contribution in [0.1, 0.15) is 0 Å². The molecular weight excluding hydrogens is 212 g/mol. The van der Waals surface area contributed by atoms with Crippen molar-refractivity contribution < 1.29 is 4.74 Å². The van der Waals surface area contributed by atoms with Gasteiger partial charge in [0.2, 0.25) is 5.95 Å². The van der Waals surface area contributed by atoms with Crippen molar-refractivity contribution >= 4 is 23.3 Å². The Morgan fingerprint density at radius 1 is 1.25 bits per heavy atom. The van der Waals surface area contributed by atoms with Gasteiger partial charge >= 0.3 is 0 Å². The number of nitrogen functional groups attached to an aromatic ring is 2. The third-order valence-corrected chi connectivity index (χ3v) is 2.31. The van der Waals surface area contributed by atoms with Crippen LogP contribution in [0.15, 0.2) is 5.18 Å². The molecule has 0 aromatic carbocycles. The molecule has 2 rings (SSSR count). The van der Waals surface area contributed by atoms with Crippen molar-refractivity contribution in [3.63, 3.8) is 0 Å². The highest BCUT2D eigenvalue weighted by atomic mass is 16.5. The SMILES string of the molecule is Nc1nc(N)c(N=O)c(N2CCOCC2)n1. The minimum atomic E-state index is 0.00370. The van der Waals surface area contributed by atoms with Crippen LogP contribution in [0.2, 0.25) is 0 Å². The number of nitrogens with two attached hydrogens (primary N) is 2. The maximum Gasteiger partial charge on any atom is 0.224 e. The first kappa shape index (κ1) is 10.6. The number of anilines is 3. The molecule has 4 N–H and O–H groups in total. The number of nitroso groups, excluding NO2 is 1. The fraction of sp³-hybridized carbons (Fsp3) is 0.500. The Kier molecular flexibility index (Phi) is 2.82. The zero-order valence-electron chi connectivity index (χ0n) is 8.59. The maximum absolute atomic E-state index is 10.7. The average Bonchev–Trinajstić information content (AvgIpc) is 2.29. The van der Waals surface area contributed by atoms with Gasteiger partial charge in [0.15, 0.2) is 17.3 Å². The molecule has 0 atom stereocenters. The Labute approximate surface area is 91.6 Å². The summed E-state index contributed by atoms with van der Waals surface area (Å²) in [4.78, 5) is 20.2. The van der Waals surface area contributed by atoms with Gasteiger partial charge in [0.1, 0.15) is 0 Å². The standard InChI is InChI=1S/C8H12N6O2/c9-6-5(13-15)7(12-8(10)11-6)14-1-3-16-4-2-14/h1-4H2,(H4,9,10,11,12). The molecule has 0 aliphatic carbocycles. The number of ether oxygens (including phenoxy) is 1.